The predicted molar refractivity (Wildman–Crippen MR) is 133 cm³/mol. The number of carbonyl (C=O) groups excluding carboxylic acids is 1. The van der Waals surface area contributed by atoms with E-state index in [-0.39, 0.29) is 5.91 Å². The Morgan fingerprint density at radius 1 is 1.03 bits per heavy atom. The van der Waals surface area contributed by atoms with E-state index in [1.807, 2.05) is 48.3 Å². The van der Waals surface area contributed by atoms with Crippen molar-refractivity contribution in [1.82, 2.24) is 24.6 Å². The zero-order valence-corrected chi connectivity index (χ0v) is 19.5. The first-order valence-corrected chi connectivity index (χ1v) is 11.2. The lowest BCUT2D eigenvalue weighted by Crippen LogP contribution is -2.37. The van der Waals surface area contributed by atoms with E-state index in [9.17, 15) is 4.79 Å². The first kappa shape index (κ1) is 21.8. The summed E-state index contributed by atoms with van der Waals surface area (Å²) in [7, 11) is 5.42. The van der Waals surface area contributed by atoms with Crippen molar-refractivity contribution in [3.8, 4) is 11.3 Å². The summed E-state index contributed by atoms with van der Waals surface area (Å²) in [5, 5.41) is 8.81. The highest BCUT2D eigenvalue weighted by molar-refractivity contribution is 5.94. The molecule has 1 saturated heterocycles. The monoisotopic (exact) mass is 457 g/mol. The number of aryl methyl sites for hydroxylation is 1. The summed E-state index contributed by atoms with van der Waals surface area (Å²) < 4.78 is 7.37. The average molecular weight is 458 g/mol. The molecule has 1 aliphatic heterocycles. The summed E-state index contributed by atoms with van der Waals surface area (Å²) in [6, 6.07) is 15.5. The van der Waals surface area contributed by atoms with Gasteiger partial charge in [-0.2, -0.15) is 10.1 Å². The van der Waals surface area contributed by atoms with Gasteiger partial charge in [0.1, 0.15) is 5.82 Å². The molecule has 4 aromatic rings. The van der Waals surface area contributed by atoms with Crippen molar-refractivity contribution in [2.45, 2.75) is 0 Å². The SMILES string of the molecule is CN(C)C(=O)c1ccc(Nc2cc(-c3ccc4cnn(C)c4c3)nc(N3CCOCC3)n2)cc1. The summed E-state index contributed by atoms with van der Waals surface area (Å²) in [4.78, 5) is 25.6. The Hall–Kier alpha value is -3.98. The maximum absolute atomic E-state index is 12.2. The van der Waals surface area contributed by atoms with E-state index < -0.39 is 0 Å². The van der Waals surface area contributed by atoms with Crippen molar-refractivity contribution < 1.29 is 9.53 Å². The highest BCUT2D eigenvalue weighted by atomic mass is 16.5. The van der Waals surface area contributed by atoms with Gasteiger partial charge in [-0.25, -0.2) is 4.98 Å². The minimum Gasteiger partial charge on any atom is -0.378 e. The largest absolute Gasteiger partial charge is 0.378 e. The highest BCUT2D eigenvalue weighted by Gasteiger charge is 2.17. The molecule has 1 aliphatic rings. The molecule has 174 valence electrons. The number of rotatable bonds is 5. The van der Waals surface area contributed by atoms with E-state index in [0.717, 1.165) is 40.9 Å². The van der Waals surface area contributed by atoms with Crippen molar-refractivity contribution in [3.05, 3.63) is 60.3 Å². The fraction of sp³-hybridized carbons (Fsp3) is 0.280. The van der Waals surface area contributed by atoms with Crippen molar-refractivity contribution in [1.29, 1.82) is 0 Å². The van der Waals surface area contributed by atoms with E-state index >= 15 is 0 Å². The summed E-state index contributed by atoms with van der Waals surface area (Å²) in [5.74, 6) is 1.31. The molecule has 0 atom stereocenters. The molecule has 5 rings (SSSR count). The van der Waals surface area contributed by atoms with E-state index in [1.165, 1.54) is 0 Å². The minimum atomic E-state index is -0.0315. The number of nitrogens with one attached hydrogen (secondary N) is 1. The number of fused-ring (bicyclic) bond motifs is 1. The van der Waals surface area contributed by atoms with E-state index in [1.54, 1.807) is 19.0 Å². The molecule has 0 spiro atoms. The molecule has 2 aromatic carbocycles. The summed E-state index contributed by atoms with van der Waals surface area (Å²) in [6.07, 6.45) is 1.86. The molecule has 0 bridgehead atoms. The number of amides is 1. The number of hydrogen-bond acceptors (Lipinski definition) is 7. The van der Waals surface area contributed by atoms with Crippen LogP contribution in [-0.4, -0.2) is 71.0 Å². The van der Waals surface area contributed by atoms with Gasteiger partial charge in [0.05, 0.1) is 30.6 Å². The Kier molecular flexibility index (Phi) is 5.85. The molecule has 3 heterocycles. The summed E-state index contributed by atoms with van der Waals surface area (Å²) in [5.41, 5.74) is 4.33. The van der Waals surface area contributed by atoms with Crippen molar-refractivity contribution in [2.24, 2.45) is 7.05 Å². The lowest BCUT2D eigenvalue weighted by Gasteiger charge is -2.27. The van der Waals surface area contributed by atoms with Gasteiger partial charge >= 0.3 is 0 Å². The second kappa shape index (κ2) is 9.11. The van der Waals surface area contributed by atoms with Crippen LogP contribution in [0.25, 0.3) is 22.2 Å². The van der Waals surface area contributed by atoms with Crippen molar-refractivity contribution in [2.75, 3.05) is 50.6 Å². The smallest absolute Gasteiger partial charge is 0.253 e. The number of carbonyl (C=O) groups is 1. The summed E-state index contributed by atoms with van der Waals surface area (Å²) in [6.45, 7) is 2.79. The van der Waals surface area contributed by atoms with Gasteiger partial charge in [0.15, 0.2) is 0 Å². The predicted octanol–water partition coefficient (Wildman–Crippen LogP) is 3.31. The molecule has 0 unspecified atom stereocenters. The molecule has 1 amide bonds. The third-order valence-electron chi connectivity index (χ3n) is 5.86. The van der Waals surface area contributed by atoms with E-state index in [0.29, 0.717) is 30.5 Å². The number of ether oxygens (including phenoxy) is 1. The number of aromatic nitrogens is 4. The molecule has 0 aliphatic carbocycles. The van der Waals surface area contributed by atoms with Crippen LogP contribution in [0.15, 0.2) is 54.7 Å². The Morgan fingerprint density at radius 3 is 2.53 bits per heavy atom. The van der Waals surface area contributed by atoms with Gasteiger partial charge < -0.3 is 19.9 Å². The Balaban J connectivity index is 1.50. The van der Waals surface area contributed by atoms with E-state index in [2.05, 4.69) is 33.5 Å². The molecule has 2 aromatic heterocycles. The first-order chi connectivity index (χ1) is 16.5. The van der Waals surface area contributed by atoms with Gasteiger partial charge in [-0.15, -0.1) is 0 Å². The molecule has 34 heavy (non-hydrogen) atoms. The van der Waals surface area contributed by atoms with Crippen LogP contribution in [0.2, 0.25) is 0 Å². The minimum absolute atomic E-state index is 0.0315. The van der Waals surface area contributed by atoms with Gasteiger partial charge in [0.25, 0.3) is 5.91 Å². The van der Waals surface area contributed by atoms with Crippen molar-refractivity contribution >= 4 is 34.3 Å². The number of anilines is 3. The third-order valence-corrected chi connectivity index (χ3v) is 5.86. The van der Waals surface area contributed by atoms with E-state index in [4.69, 9.17) is 14.7 Å². The molecule has 1 N–H and O–H groups in total. The quantitative estimate of drug-likeness (QED) is 0.492. The molecular weight excluding hydrogens is 430 g/mol. The van der Waals surface area contributed by atoms with Gasteiger partial charge in [-0.05, 0) is 30.3 Å². The normalized spacial score (nSPS) is 13.8. The molecule has 9 nitrogen and oxygen atoms in total. The van der Waals surface area contributed by atoms with Crippen LogP contribution in [-0.2, 0) is 11.8 Å². The van der Waals surface area contributed by atoms with Gasteiger partial charge in [0.2, 0.25) is 5.95 Å². The molecule has 9 heteroatoms. The van der Waals surface area contributed by atoms with Crippen LogP contribution in [0.5, 0.6) is 0 Å². The maximum Gasteiger partial charge on any atom is 0.253 e. The van der Waals surface area contributed by atoms with Crippen LogP contribution < -0.4 is 10.2 Å². The highest BCUT2D eigenvalue weighted by Crippen LogP contribution is 2.28. The Labute approximate surface area is 198 Å². The molecule has 1 fully saturated rings. The fourth-order valence-electron chi connectivity index (χ4n) is 3.96. The zero-order valence-electron chi connectivity index (χ0n) is 19.5. The van der Waals surface area contributed by atoms with Gasteiger partial charge in [-0.1, -0.05) is 12.1 Å². The van der Waals surface area contributed by atoms with Gasteiger partial charge in [0, 0.05) is 62.5 Å². The molecular formula is C25H27N7O2. The standard InChI is InChI=1S/C25H27N7O2/c1-30(2)24(33)17-6-8-20(9-7-17)27-23-15-21(28-25(29-23)32-10-12-34-13-11-32)18-4-5-19-16-26-31(3)22(19)14-18/h4-9,14-16H,10-13H2,1-3H3,(H,27,28,29). The number of morpholine rings is 1. The molecule has 0 saturated carbocycles. The summed E-state index contributed by atoms with van der Waals surface area (Å²) >= 11 is 0. The van der Waals surface area contributed by atoms with Crippen LogP contribution >= 0.6 is 0 Å². The average Bonchev–Trinajstić information content (AvgIpc) is 3.24. The topological polar surface area (TPSA) is 88.4 Å². The lowest BCUT2D eigenvalue weighted by molar-refractivity contribution is 0.0827. The van der Waals surface area contributed by atoms with Gasteiger partial charge in [-0.3, -0.25) is 9.48 Å². The maximum atomic E-state index is 12.2. The number of nitrogens with zero attached hydrogens (tertiary/aromatic N) is 6. The molecule has 0 radical (unpaired) electrons. The number of benzene rings is 2. The third kappa shape index (κ3) is 4.42. The van der Waals surface area contributed by atoms with Crippen LogP contribution in [0.1, 0.15) is 10.4 Å². The van der Waals surface area contributed by atoms with Crippen LogP contribution in [0.3, 0.4) is 0 Å². The second-order valence-corrected chi connectivity index (χ2v) is 8.48. The first-order valence-electron chi connectivity index (χ1n) is 11.2. The van der Waals surface area contributed by atoms with Crippen LogP contribution in [0.4, 0.5) is 17.5 Å². The number of hydrogen-bond donors (Lipinski definition) is 1. The zero-order chi connectivity index (χ0) is 23.7. The second-order valence-electron chi connectivity index (χ2n) is 8.48. The van der Waals surface area contributed by atoms with Crippen molar-refractivity contribution in [3.63, 3.8) is 0 Å². The fourth-order valence-corrected chi connectivity index (χ4v) is 3.96. The Bertz CT molecular complexity index is 1330. The Morgan fingerprint density at radius 2 is 1.79 bits per heavy atom. The lowest BCUT2D eigenvalue weighted by atomic mass is 10.1. The van der Waals surface area contributed by atoms with Crippen LogP contribution in [0, 0.1) is 0 Å².